The van der Waals surface area contributed by atoms with Crippen LogP contribution in [0.3, 0.4) is 0 Å². The molecule has 0 aromatic heterocycles. The van der Waals surface area contributed by atoms with Crippen LogP contribution in [0.4, 0.5) is 0 Å². The molecule has 86 valence electrons. The Morgan fingerprint density at radius 2 is 2.20 bits per heavy atom. The van der Waals surface area contributed by atoms with Crippen molar-refractivity contribution in [1.82, 2.24) is 9.80 Å². The van der Waals surface area contributed by atoms with E-state index in [1.807, 2.05) is 13.8 Å². The van der Waals surface area contributed by atoms with Crippen molar-refractivity contribution in [1.29, 1.82) is 0 Å². The highest BCUT2D eigenvalue weighted by molar-refractivity contribution is 5.80. The van der Waals surface area contributed by atoms with Gasteiger partial charge in [0.1, 0.15) is 12.1 Å². The fourth-order valence-corrected chi connectivity index (χ4v) is 2.55. The van der Waals surface area contributed by atoms with Crippen LogP contribution in [-0.4, -0.2) is 60.1 Å². The third-order valence-electron chi connectivity index (χ3n) is 3.64. The third-order valence-corrected chi connectivity index (χ3v) is 3.64. The van der Waals surface area contributed by atoms with Crippen molar-refractivity contribution in [2.24, 2.45) is 0 Å². The van der Waals surface area contributed by atoms with Crippen LogP contribution >= 0.6 is 0 Å². The number of ether oxygens (including phenoxy) is 1. The molecule has 1 atom stereocenters. The molecule has 4 nitrogen and oxygen atoms in total. The Morgan fingerprint density at radius 3 is 2.87 bits per heavy atom. The van der Waals surface area contributed by atoms with Gasteiger partial charge in [-0.15, -0.1) is 0 Å². The molecule has 2 saturated heterocycles. The number of carbonyl (C=O) groups excluding carboxylic acids is 1. The number of hydrogen-bond donors (Lipinski definition) is 0. The highest BCUT2D eigenvalue weighted by Crippen LogP contribution is 2.27. The smallest absolute Gasteiger partial charge is 0.326 e. The zero-order valence-corrected chi connectivity index (χ0v) is 9.82. The van der Waals surface area contributed by atoms with Crippen molar-refractivity contribution in [2.75, 3.05) is 32.8 Å². The van der Waals surface area contributed by atoms with Crippen molar-refractivity contribution in [2.45, 2.75) is 32.4 Å². The Morgan fingerprint density at radius 1 is 1.47 bits per heavy atom. The van der Waals surface area contributed by atoms with Crippen LogP contribution in [0.25, 0.3) is 0 Å². The average molecular weight is 212 g/mol. The first-order chi connectivity index (χ1) is 7.05. The second-order valence-corrected chi connectivity index (χ2v) is 4.90. The van der Waals surface area contributed by atoms with Gasteiger partial charge in [0.2, 0.25) is 0 Å². The molecule has 15 heavy (non-hydrogen) atoms. The number of nitrogens with zero attached hydrogens (tertiary/aromatic N) is 2. The van der Waals surface area contributed by atoms with E-state index in [1.165, 1.54) is 0 Å². The summed E-state index contributed by atoms with van der Waals surface area (Å²) in [6, 6.07) is 0.381. The monoisotopic (exact) mass is 212 g/mol. The molecule has 1 unspecified atom stereocenters. The molecule has 0 aliphatic carbocycles. The number of esters is 1. The van der Waals surface area contributed by atoms with Gasteiger partial charge in [-0.3, -0.25) is 9.69 Å². The number of piperazine rings is 1. The molecule has 2 rings (SSSR count). The summed E-state index contributed by atoms with van der Waals surface area (Å²) in [5.41, 5.74) is -0.442. The lowest BCUT2D eigenvalue weighted by Crippen LogP contribution is -2.67. The Hall–Kier alpha value is -0.610. The first kappa shape index (κ1) is 10.9. The molecule has 2 fully saturated rings. The zero-order chi connectivity index (χ0) is 11.1. The van der Waals surface area contributed by atoms with E-state index in [1.54, 1.807) is 0 Å². The van der Waals surface area contributed by atoms with Crippen LogP contribution in [0.15, 0.2) is 0 Å². The summed E-state index contributed by atoms with van der Waals surface area (Å²) in [7, 11) is 0. The van der Waals surface area contributed by atoms with Crippen molar-refractivity contribution in [3.8, 4) is 0 Å². The molecule has 2 aliphatic rings. The second kappa shape index (κ2) is 3.76. The lowest BCUT2D eigenvalue weighted by atomic mass is 9.96. The average Bonchev–Trinajstić information content (AvgIpc) is 2.23. The number of likely N-dealkylation sites (N-methyl/N-ethyl adjacent to an activating group) is 1. The van der Waals surface area contributed by atoms with Gasteiger partial charge in [-0.25, -0.2) is 0 Å². The normalized spacial score (nSPS) is 32.2. The van der Waals surface area contributed by atoms with E-state index >= 15 is 0 Å². The molecule has 0 spiro atoms. The zero-order valence-electron chi connectivity index (χ0n) is 9.82. The van der Waals surface area contributed by atoms with Gasteiger partial charge in [-0.1, -0.05) is 6.92 Å². The largest absolute Gasteiger partial charge is 0.463 e. The maximum atomic E-state index is 11.6. The predicted molar refractivity (Wildman–Crippen MR) is 57.6 cm³/mol. The molecule has 0 N–H and O–H groups in total. The number of carbonyl (C=O) groups is 1. The van der Waals surface area contributed by atoms with Crippen LogP contribution in [0.2, 0.25) is 0 Å². The minimum absolute atomic E-state index is 0.0799. The fourth-order valence-electron chi connectivity index (χ4n) is 2.55. The van der Waals surface area contributed by atoms with Gasteiger partial charge in [0.25, 0.3) is 0 Å². The lowest BCUT2D eigenvalue weighted by molar-refractivity contribution is -0.176. The van der Waals surface area contributed by atoms with Crippen molar-refractivity contribution in [3.63, 3.8) is 0 Å². The first-order valence-electron chi connectivity index (χ1n) is 5.72. The molecule has 4 heteroatoms. The van der Waals surface area contributed by atoms with E-state index < -0.39 is 5.54 Å². The predicted octanol–water partition coefficient (Wildman–Crippen LogP) is 0.328. The minimum Gasteiger partial charge on any atom is -0.463 e. The molecule has 0 aromatic carbocycles. The summed E-state index contributed by atoms with van der Waals surface area (Å²) in [5, 5.41) is 0. The van der Waals surface area contributed by atoms with Gasteiger partial charge >= 0.3 is 5.97 Å². The number of hydrogen-bond acceptors (Lipinski definition) is 4. The van der Waals surface area contributed by atoms with Crippen molar-refractivity contribution in [3.05, 3.63) is 0 Å². The molecular weight excluding hydrogens is 192 g/mol. The molecule has 2 heterocycles. The first-order valence-corrected chi connectivity index (χ1v) is 5.72. The maximum Gasteiger partial charge on any atom is 0.326 e. The van der Waals surface area contributed by atoms with Crippen LogP contribution in [0, 0.1) is 0 Å². The van der Waals surface area contributed by atoms with Crippen molar-refractivity contribution < 1.29 is 9.53 Å². The van der Waals surface area contributed by atoms with E-state index in [2.05, 4.69) is 16.7 Å². The minimum atomic E-state index is -0.442. The highest BCUT2D eigenvalue weighted by Gasteiger charge is 2.46. The van der Waals surface area contributed by atoms with E-state index in [9.17, 15) is 4.79 Å². The highest BCUT2D eigenvalue weighted by atomic mass is 16.5. The Kier molecular flexibility index (Phi) is 2.73. The molecule has 0 bridgehead atoms. The molecular formula is C11H20N2O2. The summed E-state index contributed by atoms with van der Waals surface area (Å²) in [4.78, 5) is 16.4. The molecule has 0 radical (unpaired) electrons. The lowest BCUT2D eigenvalue weighted by Gasteiger charge is -2.50. The van der Waals surface area contributed by atoms with Gasteiger partial charge in [0.15, 0.2) is 0 Å². The summed E-state index contributed by atoms with van der Waals surface area (Å²) in [6.45, 7) is 10.8. The van der Waals surface area contributed by atoms with E-state index in [4.69, 9.17) is 4.74 Å². The molecule has 0 saturated carbocycles. The SMILES string of the molecule is CCN1CCN2C(COC(=O)C2(C)C)C1. The Balaban J connectivity index is 2.11. The second-order valence-electron chi connectivity index (χ2n) is 4.90. The van der Waals surface area contributed by atoms with E-state index in [0.717, 1.165) is 26.2 Å². The van der Waals surface area contributed by atoms with Gasteiger partial charge in [-0.05, 0) is 20.4 Å². The summed E-state index contributed by atoms with van der Waals surface area (Å²) >= 11 is 0. The van der Waals surface area contributed by atoms with E-state index in [-0.39, 0.29) is 5.97 Å². The maximum absolute atomic E-state index is 11.6. The van der Waals surface area contributed by atoms with Crippen molar-refractivity contribution >= 4 is 5.97 Å². The van der Waals surface area contributed by atoms with Crippen LogP contribution in [-0.2, 0) is 9.53 Å². The molecule has 2 aliphatic heterocycles. The summed E-state index contributed by atoms with van der Waals surface area (Å²) in [6.07, 6.45) is 0. The van der Waals surface area contributed by atoms with Gasteiger partial charge in [0.05, 0.1) is 6.04 Å². The topological polar surface area (TPSA) is 32.8 Å². The van der Waals surface area contributed by atoms with Gasteiger partial charge < -0.3 is 9.64 Å². The molecule has 0 amide bonds. The molecule has 0 aromatic rings. The fraction of sp³-hybridized carbons (Fsp3) is 0.909. The third kappa shape index (κ3) is 1.76. The summed E-state index contributed by atoms with van der Waals surface area (Å²) < 4.78 is 5.25. The quantitative estimate of drug-likeness (QED) is 0.586. The van der Waals surface area contributed by atoms with Crippen LogP contribution in [0.1, 0.15) is 20.8 Å². The Bertz CT molecular complexity index is 265. The van der Waals surface area contributed by atoms with Gasteiger partial charge in [0, 0.05) is 19.6 Å². The number of morpholine rings is 1. The number of cyclic esters (lactones) is 1. The van der Waals surface area contributed by atoms with E-state index in [0.29, 0.717) is 12.6 Å². The number of rotatable bonds is 1. The standard InChI is InChI=1S/C11H20N2O2/c1-4-12-5-6-13-9(7-12)8-15-10(14)11(13,2)3/h9H,4-8H2,1-3H3. The Labute approximate surface area is 91.2 Å². The van der Waals surface area contributed by atoms with Crippen LogP contribution in [0.5, 0.6) is 0 Å². The van der Waals surface area contributed by atoms with Crippen LogP contribution < -0.4 is 0 Å². The van der Waals surface area contributed by atoms with Gasteiger partial charge in [-0.2, -0.15) is 0 Å². The summed E-state index contributed by atoms with van der Waals surface area (Å²) in [5.74, 6) is -0.0799. The number of fused-ring (bicyclic) bond motifs is 1.